The predicted octanol–water partition coefficient (Wildman–Crippen LogP) is 1.60. The van der Waals surface area contributed by atoms with Gasteiger partial charge in [0.1, 0.15) is 0 Å². The van der Waals surface area contributed by atoms with E-state index in [9.17, 15) is 0 Å². The Hall–Kier alpha value is 0.310. The Morgan fingerprint density at radius 1 is 1.20 bits per heavy atom. The highest BCUT2D eigenvalue weighted by molar-refractivity contribution is 7.44. The molecule has 0 bridgehead atoms. The second kappa shape index (κ2) is 4.24. The van der Waals surface area contributed by atoms with Crippen molar-refractivity contribution >= 4 is 8.53 Å². The van der Waals surface area contributed by atoms with E-state index in [-0.39, 0.29) is 0 Å². The fourth-order valence-electron chi connectivity index (χ4n) is 0.886. The molecule has 1 aliphatic heterocycles. The van der Waals surface area contributed by atoms with Gasteiger partial charge in [-0.25, -0.2) is 4.67 Å². The lowest BCUT2D eigenvalue weighted by Crippen LogP contribution is -2.16. The van der Waals surface area contributed by atoms with Crippen LogP contribution in [0.25, 0.3) is 0 Å². The first-order valence-electron chi connectivity index (χ1n) is 3.69. The van der Waals surface area contributed by atoms with E-state index < -0.39 is 8.53 Å². The molecule has 0 amide bonds. The smallest absolute Gasteiger partial charge is 0.258 e. The molecular formula is C6H14NO2P. The van der Waals surface area contributed by atoms with Crippen molar-refractivity contribution in [1.82, 2.24) is 4.67 Å². The van der Waals surface area contributed by atoms with Crippen LogP contribution < -0.4 is 0 Å². The summed E-state index contributed by atoms with van der Waals surface area (Å²) < 4.78 is 12.9. The largest absolute Gasteiger partial charge is 0.320 e. The minimum absolute atomic E-state index is 0.675. The maximum atomic E-state index is 5.37. The van der Waals surface area contributed by atoms with Crippen molar-refractivity contribution in [3.05, 3.63) is 0 Å². The minimum atomic E-state index is -0.675. The Morgan fingerprint density at radius 3 is 2.10 bits per heavy atom. The van der Waals surface area contributed by atoms with E-state index in [1.54, 1.807) is 0 Å². The van der Waals surface area contributed by atoms with Crippen molar-refractivity contribution in [3.8, 4) is 0 Å². The lowest BCUT2D eigenvalue weighted by Gasteiger charge is -2.21. The van der Waals surface area contributed by atoms with Gasteiger partial charge in [0.15, 0.2) is 0 Å². The Bertz CT molecular complexity index is 91.7. The first-order chi connectivity index (χ1) is 4.88. The fourth-order valence-corrected chi connectivity index (χ4v) is 2.21. The van der Waals surface area contributed by atoms with Crippen LogP contribution in [0.2, 0.25) is 0 Å². The SMILES string of the molecule is CCN(CC)P1OCCO1. The molecule has 0 aliphatic carbocycles. The van der Waals surface area contributed by atoms with Crippen molar-refractivity contribution in [3.63, 3.8) is 0 Å². The summed E-state index contributed by atoms with van der Waals surface area (Å²) in [5.74, 6) is 0. The maximum absolute atomic E-state index is 5.37. The molecule has 0 aromatic heterocycles. The normalized spacial score (nSPS) is 20.7. The third-order valence-corrected chi connectivity index (χ3v) is 3.28. The third-order valence-electron chi connectivity index (χ3n) is 1.45. The van der Waals surface area contributed by atoms with Gasteiger partial charge in [-0.3, -0.25) is 0 Å². The van der Waals surface area contributed by atoms with Crippen LogP contribution in [0.5, 0.6) is 0 Å². The van der Waals surface area contributed by atoms with Crippen LogP contribution >= 0.6 is 8.53 Å². The van der Waals surface area contributed by atoms with Gasteiger partial charge < -0.3 is 9.05 Å². The molecule has 60 valence electrons. The van der Waals surface area contributed by atoms with Gasteiger partial charge in [-0.1, -0.05) is 13.8 Å². The van der Waals surface area contributed by atoms with Crippen LogP contribution in [-0.2, 0) is 9.05 Å². The number of hydrogen-bond acceptors (Lipinski definition) is 3. The Kier molecular flexibility index (Phi) is 3.57. The van der Waals surface area contributed by atoms with Gasteiger partial charge >= 0.3 is 0 Å². The summed E-state index contributed by atoms with van der Waals surface area (Å²) >= 11 is 0. The van der Waals surface area contributed by atoms with E-state index in [4.69, 9.17) is 9.05 Å². The van der Waals surface area contributed by atoms with Crippen LogP contribution in [-0.4, -0.2) is 31.0 Å². The summed E-state index contributed by atoms with van der Waals surface area (Å²) in [6.45, 7) is 7.81. The van der Waals surface area contributed by atoms with Gasteiger partial charge in [0.2, 0.25) is 0 Å². The fraction of sp³-hybridized carbons (Fsp3) is 1.00. The molecule has 1 heterocycles. The molecule has 0 saturated carbocycles. The molecule has 4 heteroatoms. The van der Waals surface area contributed by atoms with Crippen molar-refractivity contribution in [1.29, 1.82) is 0 Å². The van der Waals surface area contributed by atoms with E-state index in [2.05, 4.69) is 18.5 Å². The molecule has 1 rings (SSSR count). The zero-order chi connectivity index (χ0) is 7.40. The van der Waals surface area contributed by atoms with Crippen LogP contribution in [0.4, 0.5) is 0 Å². The van der Waals surface area contributed by atoms with E-state index in [0.29, 0.717) is 0 Å². The molecule has 0 radical (unpaired) electrons. The Labute approximate surface area is 63.3 Å². The first-order valence-corrected chi connectivity index (χ1v) is 4.82. The maximum Gasteiger partial charge on any atom is 0.258 e. The molecule has 0 N–H and O–H groups in total. The summed E-state index contributed by atoms with van der Waals surface area (Å²) in [6, 6.07) is 0. The summed E-state index contributed by atoms with van der Waals surface area (Å²) in [5, 5.41) is 0. The van der Waals surface area contributed by atoms with Crippen molar-refractivity contribution in [2.24, 2.45) is 0 Å². The van der Waals surface area contributed by atoms with Crippen LogP contribution in [0.15, 0.2) is 0 Å². The molecule has 0 spiro atoms. The Morgan fingerprint density at radius 2 is 1.70 bits per heavy atom. The monoisotopic (exact) mass is 163 g/mol. The second-order valence-electron chi connectivity index (χ2n) is 2.04. The average molecular weight is 163 g/mol. The van der Waals surface area contributed by atoms with Gasteiger partial charge in [-0.15, -0.1) is 0 Å². The van der Waals surface area contributed by atoms with Crippen LogP contribution in [0, 0.1) is 0 Å². The summed E-state index contributed by atoms with van der Waals surface area (Å²) in [6.07, 6.45) is 0. The lowest BCUT2D eigenvalue weighted by molar-refractivity contribution is 0.343. The highest BCUT2D eigenvalue weighted by atomic mass is 31.2. The standard InChI is InChI=1S/C6H14NO2P/c1-3-7(4-2)10-8-5-6-9-10/h3-6H2,1-2H3. The van der Waals surface area contributed by atoms with Crippen molar-refractivity contribution < 1.29 is 9.05 Å². The molecular weight excluding hydrogens is 149 g/mol. The molecule has 1 fully saturated rings. The molecule has 0 aromatic carbocycles. The molecule has 10 heavy (non-hydrogen) atoms. The summed E-state index contributed by atoms with van der Waals surface area (Å²) in [7, 11) is -0.675. The number of rotatable bonds is 3. The van der Waals surface area contributed by atoms with E-state index in [0.717, 1.165) is 26.3 Å². The molecule has 0 unspecified atom stereocenters. The average Bonchev–Trinajstić information content (AvgIpc) is 2.43. The zero-order valence-corrected chi connectivity index (χ0v) is 7.43. The van der Waals surface area contributed by atoms with Gasteiger partial charge in [0.05, 0.1) is 13.2 Å². The van der Waals surface area contributed by atoms with Gasteiger partial charge in [0.25, 0.3) is 8.53 Å². The minimum Gasteiger partial charge on any atom is -0.320 e. The molecule has 0 atom stereocenters. The van der Waals surface area contributed by atoms with E-state index >= 15 is 0 Å². The Balaban J connectivity index is 2.29. The quantitative estimate of drug-likeness (QED) is 0.590. The van der Waals surface area contributed by atoms with Gasteiger partial charge in [-0.05, 0) is 0 Å². The van der Waals surface area contributed by atoms with E-state index in [1.807, 2.05) is 0 Å². The van der Waals surface area contributed by atoms with Crippen molar-refractivity contribution in [2.45, 2.75) is 13.8 Å². The molecule has 0 aromatic rings. The highest BCUT2D eigenvalue weighted by Crippen LogP contribution is 2.45. The van der Waals surface area contributed by atoms with Crippen LogP contribution in [0.1, 0.15) is 13.8 Å². The molecule has 1 aliphatic rings. The lowest BCUT2D eigenvalue weighted by atomic mass is 10.7. The molecule has 1 saturated heterocycles. The van der Waals surface area contributed by atoms with Gasteiger partial charge in [-0.2, -0.15) is 0 Å². The molecule has 3 nitrogen and oxygen atoms in total. The topological polar surface area (TPSA) is 21.7 Å². The van der Waals surface area contributed by atoms with E-state index in [1.165, 1.54) is 0 Å². The number of nitrogens with zero attached hydrogens (tertiary/aromatic N) is 1. The summed E-state index contributed by atoms with van der Waals surface area (Å²) in [5.41, 5.74) is 0. The zero-order valence-electron chi connectivity index (χ0n) is 6.54. The first kappa shape index (κ1) is 8.41. The third kappa shape index (κ3) is 1.89. The number of hydrogen-bond donors (Lipinski definition) is 0. The summed E-state index contributed by atoms with van der Waals surface area (Å²) in [4.78, 5) is 0. The highest BCUT2D eigenvalue weighted by Gasteiger charge is 2.22. The second-order valence-corrected chi connectivity index (χ2v) is 3.60. The van der Waals surface area contributed by atoms with Gasteiger partial charge in [0, 0.05) is 13.1 Å². The van der Waals surface area contributed by atoms with Crippen LogP contribution in [0.3, 0.4) is 0 Å². The van der Waals surface area contributed by atoms with Crippen molar-refractivity contribution in [2.75, 3.05) is 26.3 Å². The predicted molar refractivity (Wildman–Crippen MR) is 41.7 cm³/mol.